The zero-order valence-corrected chi connectivity index (χ0v) is 16.4. The average Bonchev–Trinajstić information content (AvgIpc) is 2.77. The summed E-state index contributed by atoms with van der Waals surface area (Å²) < 4.78 is 39.9. The van der Waals surface area contributed by atoms with E-state index in [4.69, 9.17) is 9.47 Å². The molecule has 1 aliphatic heterocycles. The molecule has 2 aromatic carbocycles. The van der Waals surface area contributed by atoms with Crippen LogP contribution in [0.3, 0.4) is 0 Å². The second-order valence-corrected chi connectivity index (χ2v) is 7.14. The van der Waals surface area contributed by atoms with Gasteiger partial charge in [0, 0.05) is 17.3 Å². The number of ether oxygens (including phenoxy) is 3. The first-order chi connectivity index (χ1) is 14.6. The van der Waals surface area contributed by atoms with Crippen LogP contribution in [0.15, 0.2) is 59.9 Å². The molecule has 154 valence electrons. The minimum Gasteiger partial charge on any atom is -0.486 e. The number of Topliss-reactive ketones (excluding diaryl/α,β-unsaturated/α-hetero) is 1. The molecule has 0 fully saturated rings. The van der Waals surface area contributed by atoms with Crippen LogP contribution in [0.25, 0.3) is 11.3 Å². The van der Waals surface area contributed by atoms with Gasteiger partial charge in [-0.25, -0.2) is 9.97 Å². The quantitative estimate of drug-likeness (QED) is 0.311. The molecule has 0 N–H and O–H groups in total. The van der Waals surface area contributed by atoms with Crippen molar-refractivity contribution in [2.24, 2.45) is 0 Å². The number of alkyl halides is 2. The molecule has 0 radical (unpaired) electrons. The molecular weight excluding hydrogens is 414 g/mol. The predicted molar refractivity (Wildman–Crippen MR) is 107 cm³/mol. The highest BCUT2D eigenvalue weighted by atomic mass is 32.2. The molecule has 0 atom stereocenters. The van der Waals surface area contributed by atoms with Crippen LogP contribution in [-0.4, -0.2) is 41.3 Å². The van der Waals surface area contributed by atoms with Crippen molar-refractivity contribution in [2.75, 3.05) is 19.0 Å². The summed E-state index contributed by atoms with van der Waals surface area (Å²) in [7, 11) is 0. The van der Waals surface area contributed by atoms with Crippen molar-refractivity contribution < 1.29 is 27.8 Å². The minimum atomic E-state index is -2.87. The summed E-state index contributed by atoms with van der Waals surface area (Å²) in [5, 5.41) is 0.436. The zero-order valence-electron chi connectivity index (χ0n) is 15.6. The van der Waals surface area contributed by atoms with Crippen molar-refractivity contribution in [3.05, 3.63) is 60.3 Å². The number of carbonyl (C=O) groups excluding carboxylic acids is 1. The Hall–Kier alpha value is -3.20. The van der Waals surface area contributed by atoms with E-state index in [1.54, 1.807) is 42.6 Å². The number of thioether (sulfide) groups is 1. The van der Waals surface area contributed by atoms with Gasteiger partial charge in [-0.3, -0.25) is 4.79 Å². The molecule has 6 nitrogen and oxygen atoms in total. The number of halogens is 2. The fourth-order valence-corrected chi connectivity index (χ4v) is 3.53. The number of nitrogens with zero attached hydrogens (tertiary/aromatic N) is 2. The third kappa shape index (κ3) is 4.85. The number of hydrogen-bond acceptors (Lipinski definition) is 7. The van der Waals surface area contributed by atoms with Crippen LogP contribution in [-0.2, 0) is 0 Å². The number of carbonyl (C=O) groups is 1. The third-order valence-electron chi connectivity index (χ3n) is 4.21. The van der Waals surface area contributed by atoms with Gasteiger partial charge in [0.25, 0.3) is 0 Å². The Morgan fingerprint density at radius 2 is 1.83 bits per heavy atom. The van der Waals surface area contributed by atoms with E-state index < -0.39 is 6.61 Å². The smallest absolute Gasteiger partial charge is 0.387 e. The second-order valence-electron chi connectivity index (χ2n) is 6.20. The molecule has 1 aliphatic rings. The van der Waals surface area contributed by atoms with E-state index in [0.29, 0.717) is 41.1 Å². The Kier molecular flexibility index (Phi) is 6.08. The Morgan fingerprint density at radius 1 is 1.07 bits per heavy atom. The van der Waals surface area contributed by atoms with E-state index in [1.807, 2.05) is 0 Å². The first-order valence-electron chi connectivity index (χ1n) is 9.02. The highest BCUT2D eigenvalue weighted by molar-refractivity contribution is 7.99. The number of aromatic nitrogens is 2. The molecule has 9 heteroatoms. The van der Waals surface area contributed by atoms with Gasteiger partial charge in [0.2, 0.25) is 0 Å². The topological polar surface area (TPSA) is 70.5 Å². The fourth-order valence-electron chi connectivity index (χ4n) is 2.81. The lowest BCUT2D eigenvalue weighted by Gasteiger charge is -2.18. The summed E-state index contributed by atoms with van der Waals surface area (Å²) >= 11 is 1.21. The van der Waals surface area contributed by atoms with Gasteiger partial charge >= 0.3 is 6.61 Å². The van der Waals surface area contributed by atoms with E-state index in [2.05, 4.69) is 14.7 Å². The van der Waals surface area contributed by atoms with Crippen molar-refractivity contribution >= 4 is 17.5 Å². The average molecular weight is 430 g/mol. The molecule has 30 heavy (non-hydrogen) atoms. The Bertz CT molecular complexity index is 1050. The molecule has 1 aromatic heterocycles. The maximum atomic E-state index is 12.5. The number of rotatable bonds is 7. The van der Waals surface area contributed by atoms with Gasteiger partial charge in [-0.1, -0.05) is 11.8 Å². The summed E-state index contributed by atoms with van der Waals surface area (Å²) in [6.07, 6.45) is 1.59. The van der Waals surface area contributed by atoms with E-state index >= 15 is 0 Å². The minimum absolute atomic E-state index is 0.0717. The van der Waals surface area contributed by atoms with Crippen LogP contribution in [0.4, 0.5) is 8.78 Å². The summed E-state index contributed by atoms with van der Waals surface area (Å²) in [6, 6.07) is 13.0. The first kappa shape index (κ1) is 20.1. The summed E-state index contributed by atoms with van der Waals surface area (Å²) in [4.78, 5) is 21.2. The molecular formula is C21H16F2N2O4S. The summed E-state index contributed by atoms with van der Waals surface area (Å²) in [6.45, 7) is -1.93. The molecule has 0 aliphatic carbocycles. The molecule has 0 saturated heterocycles. The predicted octanol–water partition coefficient (Wildman–Crippen LogP) is 4.49. The standard InChI is InChI=1S/C21H16F2N2O4S/c22-20(23)29-15-4-1-13(2-5-15)16-7-8-24-21(25-16)30-12-17(26)14-3-6-18-19(11-14)28-10-9-27-18/h1-8,11,20H,9-10,12H2. The maximum absolute atomic E-state index is 12.5. The van der Waals surface area contributed by atoms with Crippen LogP contribution >= 0.6 is 11.8 Å². The summed E-state index contributed by atoms with van der Waals surface area (Å²) in [5.74, 6) is 1.34. The molecule has 0 bridgehead atoms. The highest BCUT2D eigenvalue weighted by Crippen LogP contribution is 2.31. The van der Waals surface area contributed by atoms with Crippen LogP contribution in [0.2, 0.25) is 0 Å². The van der Waals surface area contributed by atoms with Crippen LogP contribution in [0.5, 0.6) is 17.2 Å². The van der Waals surface area contributed by atoms with E-state index in [-0.39, 0.29) is 17.3 Å². The van der Waals surface area contributed by atoms with Crippen LogP contribution in [0, 0.1) is 0 Å². The monoisotopic (exact) mass is 430 g/mol. The number of ketones is 1. The maximum Gasteiger partial charge on any atom is 0.387 e. The lowest BCUT2D eigenvalue weighted by Crippen LogP contribution is -2.16. The lowest BCUT2D eigenvalue weighted by atomic mass is 10.1. The van der Waals surface area contributed by atoms with Gasteiger partial charge in [0.15, 0.2) is 22.4 Å². The van der Waals surface area contributed by atoms with Gasteiger partial charge in [-0.2, -0.15) is 8.78 Å². The SMILES string of the molecule is O=C(CSc1nccc(-c2ccc(OC(F)F)cc2)n1)c1ccc2c(c1)OCCO2. The molecule has 0 saturated carbocycles. The van der Waals surface area contributed by atoms with Gasteiger partial charge in [0.05, 0.1) is 11.4 Å². The fraction of sp³-hybridized carbons (Fsp3) is 0.190. The van der Waals surface area contributed by atoms with Crippen molar-refractivity contribution in [2.45, 2.75) is 11.8 Å². The molecule has 0 unspecified atom stereocenters. The Balaban J connectivity index is 1.41. The molecule has 3 aromatic rings. The zero-order chi connectivity index (χ0) is 20.9. The van der Waals surface area contributed by atoms with E-state index in [0.717, 1.165) is 5.56 Å². The van der Waals surface area contributed by atoms with E-state index in [1.165, 1.54) is 23.9 Å². The highest BCUT2D eigenvalue weighted by Gasteiger charge is 2.16. The third-order valence-corrected chi connectivity index (χ3v) is 5.07. The van der Waals surface area contributed by atoms with Gasteiger partial charge in [-0.05, 0) is 48.5 Å². The first-order valence-corrected chi connectivity index (χ1v) is 10.0. The Labute approximate surface area is 175 Å². The second kappa shape index (κ2) is 9.08. The summed E-state index contributed by atoms with van der Waals surface area (Å²) in [5.41, 5.74) is 1.86. The molecule has 4 rings (SSSR count). The van der Waals surface area contributed by atoms with Crippen LogP contribution < -0.4 is 14.2 Å². The van der Waals surface area contributed by atoms with Gasteiger partial charge in [-0.15, -0.1) is 0 Å². The van der Waals surface area contributed by atoms with Gasteiger partial charge < -0.3 is 14.2 Å². The molecule has 0 amide bonds. The molecule has 0 spiro atoms. The van der Waals surface area contributed by atoms with Crippen molar-refractivity contribution in [3.8, 4) is 28.5 Å². The number of hydrogen-bond donors (Lipinski definition) is 0. The number of benzene rings is 2. The van der Waals surface area contributed by atoms with Crippen LogP contribution in [0.1, 0.15) is 10.4 Å². The number of fused-ring (bicyclic) bond motifs is 1. The van der Waals surface area contributed by atoms with Crippen molar-refractivity contribution in [1.29, 1.82) is 0 Å². The molecule has 2 heterocycles. The lowest BCUT2D eigenvalue weighted by molar-refractivity contribution is -0.0498. The normalized spacial score (nSPS) is 12.6. The van der Waals surface area contributed by atoms with Crippen molar-refractivity contribution in [3.63, 3.8) is 0 Å². The largest absolute Gasteiger partial charge is 0.486 e. The van der Waals surface area contributed by atoms with Gasteiger partial charge in [0.1, 0.15) is 19.0 Å². The van der Waals surface area contributed by atoms with E-state index in [9.17, 15) is 13.6 Å². The van der Waals surface area contributed by atoms with Crippen molar-refractivity contribution in [1.82, 2.24) is 9.97 Å². The Morgan fingerprint density at radius 3 is 2.60 bits per heavy atom.